The number of benzene rings is 1. The summed E-state index contributed by atoms with van der Waals surface area (Å²) in [5.41, 5.74) is 4.12. The van der Waals surface area contributed by atoms with Gasteiger partial charge in [-0.3, -0.25) is 14.2 Å². The third kappa shape index (κ3) is 1.04. The lowest BCUT2D eigenvalue weighted by Gasteiger charge is -2.00. The van der Waals surface area contributed by atoms with Crippen molar-refractivity contribution in [3.05, 3.63) is 52.9 Å². The maximum Gasteiger partial charge on any atom is 0.300 e. The minimum Gasteiger partial charge on any atom is -0.265 e. The molecule has 0 aliphatic rings. The summed E-state index contributed by atoms with van der Waals surface area (Å²) in [6.45, 7) is 0. The first-order valence-corrected chi connectivity index (χ1v) is 5.34. The Bertz CT molecular complexity index is 851. The van der Waals surface area contributed by atoms with Gasteiger partial charge >= 0.3 is 5.56 Å². The Morgan fingerprint density at radius 2 is 2.00 bits per heavy atom. The van der Waals surface area contributed by atoms with E-state index < -0.39 is 0 Å². The van der Waals surface area contributed by atoms with Gasteiger partial charge in [0.25, 0.3) is 0 Å². The first-order chi connectivity index (χ1) is 8.36. The second-order valence-electron chi connectivity index (χ2n) is 3.96. The van der Waals surface area contributed by atoms with E-state index >= 15 is 0 Å². The summed E-state index contributed by atoms with van der Waals surface area (Å²) in [7, 11) is 0. The highest BCUT2D eigenvalue weighted by molar-refractivity contribution is 5.95. The van der Waals surface area contributed by atoms with Gasteiger partial charge in [0.2, 0.25) is 5.65 Å². The summed E-state index contributed by atoms with van der Waals surface area (Å²) in [6, 6.07) is 11.6. The molecule has 0 amide bonds. The molecule has 4 aromatic rings. The van der Waals surface area contributed by atoms with Crippen LogP contribution in [-0.2, 0) is 0 Å². The van der Waals surface area contributed by atoms with Crippen LogP contribution in [0.3, 0.4) is 0 Å². The molecule has 80 valence electrons. The van der Waals surface area contributed by atoms with E-state index in [-0.39, 0.29) is 5.56 Å². The van der Waals surface area contributed by atoms with Crippen LogP contribution in [0.15, 0.2) is 47.4 Å². The Hall–Kier alpha value is -2.49. The average Bonchev–Trinajstić information content (AvgIpc) is 2.86. The molecule has 0 aliphatic carbocycles. The van der Waals surface area contributed by atoms with Crippen LogP contribution >= 0.6 is 0 Å². The summed E-state index contributed by atoms with van der Waals surface area (Å²) in [4.78, 5) is 19.9. The molecular formula is C13H7N3O. The van der Waals surface area contributed by atoms with E-state index in [1.54, 1.807) is 10.6 Å². The highest BCUT2D eigenvalue weighted by Gasteiger charge is 2.20. The molecule has 0 spiro atoms. The third-order valence-electron chi connectivity index (χ3n) is 2.97. The molecule has 0 N–H and O–H groups in total. The van der Waals surface area contributed by atoms with Gasteiger partial charge in [-0.2, -0.15) is 0 Å². The molecule has 1 aromatic carbocycles. The van der Waals surface area contributed by atoms with Crippen LogP contribution in [0.2, 0.25) is 0 Å². The normalized spacial score (nSPS) is 11.8. The summed E-state index contributed by atoms with van der Waals surface area (Å²) >= 11 is 0. The van der Waals surface area contributed by atoms with Gasteiger partial charge < -0.3 is 0 Å². The van der Waals surface area contributed by atoms with Crippen LogP contribution in [0.4, 0.5) is 0 Å². The molecule has 0 aliphatic heterocycles. The van der Waals surface area contributed by atoms with Gasteiger partial charge in [0.15, 0.2) is 0 Å². The first kappa shape index (κ1) is 8.64. The van der Waals surface area contributed by atoms with Crippen LogP contribution in [0, 0.1) is 0 Å². The van der Waals surface area contributed by atoms with Crippen molar-refractivity contribution in [1.29, 1.82) is 0 Å². The zero-order valence-electron chi connectivity index (χ0n) is 8.79. The van der Waals surface area contributed by atoms with Gasteiger partial charge in [0.1, 0.15) is 0 Å². The average molecular weight is 221 g/mol. The lowest BCUT2D eigenvalue weighted by Crippen LogP contribution is -1.89. The molecule has 0 radical (unpaired) electrons. The van der Waals surface area contributed by atoms with Crippen molar-refractivity contribution in [2.45, 2.75) is 0 Å². The molecule has 3 heterocycles. The van der Waals surface area contributed by atoms with E-state index in [4.69, 9.17) is 0 Å². The fourth-order valence-corrected chi connectivity index (χ4v) is 2.13. The van der Waals surface area contributed by atoms with Crippen molar-refractivity contribution in [2.75, 3.05) is 0 Å². The van der Waals surface area contributed by atoms with Gasteiger partial charge in [-0.15, -0.1) is 0 Å². The number of nitrogens with zero attached hydrogens (tertiary/aromatic N) is 3. The molecule has 0 unspecified atom stereocenters. The monoisotopic (exact) mass is 221 g/mol. The molecular weight excluding hydrogens is 214 g/mol. The van der Waals surface area contributed by atoms with Gasteiger partial charge in [-0.1, -0.05) is 18.2 Å². The van der Waals surface area contributed by atoms with Crippen molar-refractivity contribution < 1.29 is 0 Å². The highest BCUT2D eigenvalue weighted by atomic mass is 16.1. The van der Waals surface area contributed by atoms with E-state index in [9.17, 15) is 4.79 Å². The Balaban J connectivity index is 2.10. The van der Waals surface area contributed by atoms with Crippen molar-refractivity contribution in [3.8, 4) is 11.3 Å². The number of hydrogen-bond donors (Lipinski definition) is 0. The Kier molecular flexibility index (Phi) is 1.42. The molecule has 4 nitrogen and oxygen atoms in total. The second kappa shape index (κ2) is 2.79. The quantitative estimate of drug-likeness (QED) is 0.492. The predicted octanol–water partition coefficient (Wildman–Crippen LogP) is 1.79. The van der Waals surface area contributed by atoms with Crippen LogP contribution < -0.4 is 5.56 Å². The molecule has 4 rings (SSSR count). The number of fused-ring (bicyclic) bond motifs is 3. The largest absolute Gasteiger partial charge is 0.300 e. The third-order valence-corrected chi connectivity index (χ3v) is 2.97. The number of rotatable bonds is 1. The second-order valence-corrected chi connectivity index (χ2v) is 3.96. The van der Waals surface area contributed by atoms with Gasteiger partial charge in [0.05, 0.1) is 16.7 Å². The summed E-state index contributed by atoms with van der Waals surface area (Å²) in [6.07, 6.45) is 1.75. The minimum atomic E-state index is 0.00988. The van der Waals surface area contributed by atoms with Gasteiger partial charge in [-0.25, -0.2) is 4.98 Å². The van der Waals surface area contributed by atoms with Crippen molar-refractivity contribution in [1.82, 2.24) is 14.4 Å². The van der Waals surface area contributed by atoms with Crippen LogP contribution in [0.5, 0.6) is 0 Å². The molecule has 0 fully saturated rings. The zero-order valence-corrected chi connectivity index (χ0v) is 8.79. The molecule has 0 atom stereocenters. The van der Waals surface area contributed by atoms with Crippen LogP contribution in [0.25, 0.3) is 27.9 Å². The Morgan fingerprint density at radius 1 is 1.06 bits per heavy atom. The van der Waals surface area contributed by atoms with Crippen molar-refractivity contribution in [2.24, 2.45) is 0 Å². The smallest absolute Gasteiger partial charge is 0.265 e. The van der Waals surface area contributed by atoms with Crippen molar-refractivity contribution >= 4 is 16.7 Å². The first-order valence-electron chi connectivity index (χ1n) is 5.34. The fraction of sp³-hybridized carbons (Fsp3) is 0. The molecule has 3 aromatic heterocycles. The maximum atomic E-state index is 11.3. The topological polar surface area (TPSA) is 47.3 Å². The summed E-state index contributed by atoms with van der Waals surface area (Å²) in [5.74, 6) is 0. The van der Waals surface area contributed by atoms with E-state index in [1.165, 1.54) is 0 Å². The van der Waals surface area contributed by atoms with Crippen LogP contribution in [0.1, 0.15) is 0 Å². The molecule has 0 bridgehead atoms. The van der Waals surface area contributed by atoms with Gasteiger partial charge in [0, 0.05) is 11.8 Å². The highest BCUT2D eigenvalue weighted by Crippen LogP contribution is 2.27. The SMILES string of the molecule is O=c1c2nc3c(-c4ccccn4)cccc3n12. The van der Waals surface area contributed by atoms with Crippen LogP contribution in [-0.4, -0.2) is 14.4 Å². The number of pyridine rings is 1. The molecule has 0 saturated carbocycles. The number of imidazole rings is 1. The number of aromatic nitrogens is 3. The van der Waals surface area contributed by atoms with E-state index in [0.717, 1.165) is 22.3 Å². The Labute approximate surface area is 95.9 Å². The van der Waals surface area contributed by atoms with E-state index in [0.29, 0.717) is 5.65 Å². The lowest BCUT2D eigenvalue weighted by atomic mass is 10.1. The maximum absolute atomic E-state index is 11.3. The number of hydrogen-bond acceptors (Lipinski definition) is 3. The molecule has 4 heteroatoms. The minimum absolute atomic E-state index is 0.00988. The predicted molar refractivity (Wildman–Crippen MR) is 64.6 cm³/mol. The Morgan fingerprint density at radius 3 is 2.82 bits per heavy atom. The fourth-order valence-electron chi connectivity index (χ4n) is 2.13. The lowest BCUT2D eigenvalue weighted by molar-refractivity contribution is 1.33. The van der Waals surface area contributed by atoms with E-state index in [2.05, 4.69) is 9.97 Å². The van der Waals surface area contributed by atoms with Crippen molar-refractivity contribution in [3.63, 3.8) is 0 Å². The number of para-hydroxylation sites is 1. The molecule has 17 heavy (non-hydrogen) atoms. The zero-order chi connectivity index (χ0) is 11.4. The standard InChI is InChI=1S/C13H7N3O/c17-13-12-15-11-8(9-5-1-2-7-14-9)4-3-6-10(11)16(12)13/h1-7H. The van der Waals surface area contributed by atoms with Gasteiger partial charge in [-0.05, 0) is 18.2 Å². The van der Waals surface area contributed by atoms with E-state index in [1.807, 2.05) is 36.4 Å². The summed E-state index contributed by atoms with van der Waals surface area (Å²) < 4.78 is 1.63. The summed E-state index contributed by atoms with van der Waals surface area (Å²) in [5, 5.41) is 0. The molecule has 0 saturated heterocycles.